The highest BCUT2D eigenvalue weighted by Gasteiger charge is 2.22. The maximum absolute atomic E-state index is 12.1. The summed E-state index contributed by atoms with van der Waals surface area (Å²) in [6.07, 6.45) is 1.40. The van der Waals surface area contributed by atoms with Crippen LogP contribution in [-0.4, -0.2) is 46.8 Å². The molecule has 0 aromatic carbocycles. The minimum atomic E-state index is -0.471. The Bertz CT molecular complexity index is 408. The molecule has 1 rings (SSSR count). The number of ether oxygens (including phenoxy) is 1. The van der Waals surface area contributed by atoms with Crippen LogP contribution in [0.3, 0.4) is 0 Å². The molecule has 17 heavy (non-hydrogen) atoms. The molecule has 1 heterocycles. The van der Waals surface area contributed by atoms with E-state index in [4.69, 9.17) is 5.73 Å². The van der Waals surface area contributed by atoms with Gasteiger partial charge in [0.15, 0.2) is 0 Å². The minimum absolute atomic E-state index is 0.101. The number of aromatic nitrogens is 2. The minimum Gasteiger partial charge on any atom is -0.468 e. The van der Waals surface area contributed by atoms with E-state index in [1.54, 1.807) is 14.0 Å². The quantitative estimate of drug-likeness (QED) is 0.725. The Labute approximate surface area is 99.1 Å². The fourth-order valence-corrected chi connectivity index (χ4v) is 1.41. The summed E-state index contributed by atoms with van der Waals surface area (Å²) in [7, 11) is 2.90. The molecule has 0 fully saturated rings. The standard InChI is InChI=1S/C10H16N4O3/c1-4-14(6-8(15)17-3)10(16)9-7(11)5-12-13(9)2/h5H,4,6,11H2,1-3H3. The van der Waals surface area contributed by atoms with Crippen LogP contribution in [0, 0.1) is 0 Å². The normalized spacial score (nSPS) is 10.1. The van der Waals surface area contributed by atoms with Gasteiger partial charge in [-0.05, 0) is 6.92 Å². The Kier molecular flexibility index (Phi) is 4.08. The van der Waals surface area contributed by atoms with E-state index in [1.807, 2.05) is 0 Å². The number of likely N-dealkylation sites (N-methyl/N-ethyl adjacent to an activating group) is 1. The monoisotopic (exact) mass is 240 g/mol. The number of aryl methyl sites for hydroxylation is 1. The molecular weight excluding hydrogens is 224 g/mol. The zero-order chi connectivity index (χ0) is 13.0. The Balaban J connectivity index is 2.90. The van der Waals surface area contributed by atoms with Crippen molar-refractivity contribution in [3.05, 3.63) is 11.9 Å². The lowest BCUT2D eigenvalue weighted by atomic mass is 10.3. The number of esters is 1. The summed E-state index contributed by atoms with van der Waals surface area (Å²) < 4.78 is 5.91. The van der Waals surface area contributed by atoms with Crippen molar-refractivity contribution in [3.8, 4) is 0 Å². The van der Waals surface area contributed by atoms with E-state index in [2.05, 4.69) is 9.84 Å². The van der Waals surface area contributed by atoms with Crippen molar-refractivity contribution in [3.63, 3.8) is 0 Å². The molecule has 1 aromatic rings. The van der Waals surface area contributed by atoms with E-state index in [9.17, 15) is 9.59 Å². The Morgan fingerprint density at radius 2 is 2.24 bits per heavy atom. The first kappa shape index (κ1) is 13.0. The molecule has 94 valence electrons. The van der Waals surface area contributed by atoms with Crippen LogP contribution in [0.4, 0.5) is 5.69 Å². The second-order valence-electron chi connectivity index (χ2n) is 3.47. The smallest absolute Gasteiger partial charge is 0.325 e. The molecular formula is C10H16N4O3. The number of hydrogen-bond acceptors (Lipinski definition) is 5. The Morgan fingerprint density at radius 3 is 2.65 bits per heavy atom. The van der Waals surface area contributed by atoms with Crippen molar-refractivity contribution >= 4 is 17.6 Å². The summed E-state index contributed by atoms with van der Waals surface area (Å²) in [6.45, 7) is 2.06. The first-order valence-electron chi connectivity index (χ1n) is 5.14. The number of hydrogen-bond donors (Lipinski definition) is 1. The van der Waals surface area contributed by atoms with E-state index < -0.39 is 5.97 Å². The molecule has 2 N–H and O–H groups in total. The lowest BCUT2D eigenvalue weighted by molar-refractivity contribution is -0.141. The number of amides is 1. The third kappa shape index (κ3) is 2.74. The molecule has 7 nitrogen and oxygen atoms in total. The van der Waals surface area contributed by atoms with Crippen LogP contribution < -0.4 is 5.73 Å². The molecule has 0 saturated heterocycles. The number of nitrogen functional groups attached to an aromatic ring is 1. The fraction of sp³-hybridized carbons (Fsp3) is 0.500. The highest BCUT2D eigenvalue weighted by atomic mass is 16.5. The van der Waals surface area contributed by atoms with Crippen molar-refractivity contribution < 1.29 is 14.3 Å². The molecule has 0 radical (unpaired) electrons. The summed E-state index contributed by atoms with van der Waals surface area (Å²) in [4.78, 5) is 24.6. The number of carbonyl (C=O) groups is 2. The SMILES string of the molecule is CCN(CC(=O)OC)C(=O)c1c(N)cnn1C. The van der Waals surface area contributed by atoms with E-state index in [-0.39, 0.29) is 18.1 Å². The molecule has 0 aliphatic rings. The van der Waals surface area contributed by atoms with Gasteiger partial charge in [0.1, 0.15) is 12.2 Å². The number of nitrogens with zero attached hydrogens (tertiary/aromatic N) is 3. The van der Waals surface area contributed by atoms with Crippen molar-refractivity contribution in [2.75, 3.05) is 25.9 Å². The van der Waals surface area contributed by atoms with Gasteiger partial charge in [0.25, 0.3) is 5.91 Å². The third-order valence-electron chi connectivity index (χ3n) is 2.39. The van der Waals surface area contributed by atoms with Crippen LogP contribution in [0.2, 0.25) is 0 Å². The molecule has 0 aliphatic carbocycles. The highest BCUT2D eigenvalue weighted by molar-refractivity contribution is 5.98. The van der Waals surface area contributed by atoms with Gasteiger partial charge in [0.05, 0.1) is 19.0 Å². The lowest BCUT2D eigenvalue weighted by Gasteiger charge is -2.19. The molecule has 1 amide bonds. The summed E-state index contributed by atoms with van der Waals surface area (Å²) in [6, 6.07) is 0. The van der Waals surface area contributed by atoms with Gasteiger partial charge in [0, 0.05) is 13.6 Å². The topological polar surface area (TPSA) is 90.4 Å². The average Bonchev–Trinajstić information content (AvgIpc) is 2.64. The van der Waals surface area contributed by atoms with Crippen molar-refractivity contribution in [1.82, 2.24) is 14.7 Å². The highest BCUT2D eigenvalue weighted by Crippen LogP contribution is 2.12. The van der Waals surface area contributed by atoms with Gasteiger partial charge in [-0.3, -0.25) is 14.3 Å². The van der Waals surface area contributed by atoms with E-state index in [1.165, 1.54) is 22.9 Å². The number of nitrogens with two attached hydrogens (primary N) is 1. The summed E-state index contributed by atoms with van der Waals surface area (Å²) in [5, 5.41) is 3.88. The van der Waals surface area contributed by atoms with Crippen LogP contribution in [0.5, 0.6) is 0 Å². The molecule has 7 heteroatoms. The van der Waals surface area contributed by atoms with Gasteiger partial charge in [-0.1, -0.05) is 0 Å². The maximum Gasteiger partial charge on any atom is 0.325 e. The summed E-state index contributed by atoms with van der Waals surface area (Å²) >= 11 is 0. The van der Waals surface area contributed by atoms with Crippen molar-refractivity contribution in [1.29, 1.82) is 0 Å². The van der Waals surface area contributed by atoms with Crippen molar-refractivity contribution in [2.45, 2.75) is 6.92 Å². The average molecular weight is 240 g/mol. The zero-order valence-electron chi connectivity index (χ0n) is 10.1. The first-order chi connectivity index (χ1) is 8.01. The molecule has 0 aliphatic heterocycles. The van der Waals surface area contributed by atoms with E-state index in [0.717, 1.165) is 0 Å². The summed E-state index contributed by atoms with van der Waals surface area (Å²) in [5.74, 6) is -0.809. The van der Waals surface area contributed by atoms with E-state index >= 15 is 0 Å². The largest absolute Gasteiger partial charge is 0.468 e. The maximum atomic E-state index is 12.1. The van der Waals surface area contributed by atoms with Gasteiger partial charge < -0.3 is 15.4 Å². The van der Waals surface area contributed by atoms with Gasteiger partial charge in [-0.2, -0.15) is 5.10 Å². The number of carbonyl (C=O) groups excluding carboxylic acids is 2. The summed E-state index contributed by atoms with van der Waals surface area (Å²) in [5.41, 5.74) is 6.22. The fourth-order valence-electron chi connectivity index (χ4n) is 1.41. The number of methoxy groups -OCH3 is 1. The number of anilines is 1. The van der Waals surface area contributed by atoms with Gasteiger partial charge in [-0.25, -0.2) is 0 Å². The van der Waals surface area contributed by atoms with Crippen molar-refractivity contribution in [2.24, 2.45) is 7.05 Å². The second-order valence-corrected chi connectivity index (χ2v) is 3.47. The first-order valence-corrected chi connectivity index (χ1v) is 5.14. The predicted octanol–water partition coefficient (Wildman–Crippen LogP) is -0.363. The van der Waals surface area contributed by atoms with Crippen LogP contribution in [-0.2, 0) is 16.6 Å². The molecule has 0 spiro atoms. The van der Waals surface area contributed by atoms with Gasteiger partial charge >= 0.3 is 5.97 Å². The van der Waals surface area contributed by atoms with Crippen LogP contribution in [0.25, 0.3) is 0 Å². The molecule has 0 atom stereocenters. The van der Waals surface area contributed by atoms with Crippen LogP contribution in [0.15, 0.2) is 6.20 Å². The third-order valence-corrected chi connectivity index (χ3v) is 2.39. The van der Waals surface area contributed by atoms with Crippen LogP contribution >= 0.6 is 0 Å². The molecule has 1 aromatic heterocycles. The van der Waals surface area contributed by atoms with Gasteiger partial charge in [-0.15, -0.1) is 0 Å². The Morgan fingerprint density at radius 1 is 1.59 bits per heavy atom. The van der Waals surface area contributed by atoms with Crippen LogP contribution in [0.1, 0.15) is 17.4 Å². The molecule has 0 saturated carbocycles. The number of rotatable bonds is 4. The molecule has 0 unspecified atom stereocenters. The molecule has 0 bridgehead atoms. The van der Waals surface area contributed by atoms with Gasteiger partial charge in [0.2, 0.25) is 0 Å². The van der Waals surface area contributed by atoms with E-state index in [0.29, 0.717) is 12.2 Å². The zero-order valence-corrected chi connectivity index (χ0v) is 10.1. The Hall–Kier alpha value is -2.05. The lowest BCUT2D eigenvalue weighted by Crippen LogP contribution is -2.37. The second kappa shape index (κ2) is 5.33. The predicted molar refractivity (Wildman–Crippen MR) is 61.2 cm³/mol.